The number of halogens is 1. The maximum atomic E-state index is 5.73. The van der Waals surface area contributed by atoms with E-state index in [1.54, 1.807) is 0 Å². The lowest BCUT2D eigenvalue weighted by atomic mass is 10.2. The Hall–Kier alpha value is -0.250. The zero-order valence-corrected chi connectivity index (χ0v) is 10.1. The van der Waals surface area contributed by atoms with Crippen molar-refractivity contribution in [3.05, 3.63) is 29.0 Å². The quantitative estimate of drug-likeness (QED) is 0.762. The molecule has 2 heterocycles. The van der Waals surface area contributed by atoms with Crippen LogP contribution in [0.15, 0.2) is 18.3 Å². The highest BCUT2D eigenvalue weighted by molar-refractivity contribution is 7.99. The summed E-state index contributed by atoms with van der Waals surface area (Å²) in [4.78, 5) is 4.07. The Morgan fingerprint density at radius 3 is 2.87 bits per heavy atom. The van der Waals surface area contributed by atoms with E-state index in [4.69, 9.17) is 16.3 Å². The van der Waals surface area contributed by atoms with Crippen molar-refractivity contribution >= 4 is 23.4 Å². The first-order valence-corrected chi connectivity index (χ1v) is 6.57. The first-order valence-electron chi connectivity index (χ1n) is 5.14. The van der Waals surface area contributed by atoms with E-state index in [0.29, 0.717) is 5.15 Å². The minimum atomic E-state index is 0.565. The number of thioether (sulfide) groups is 1. The van der Waals surface area contributed by atoms with Crippen LogP contribution in [-0.4, -0.2) is 23.4 Å². The van der Waals surface area contributed by atoms with Crippen molar-refractivity contribution in [2.45, 2.75) is 23.8 Å². The highest BCUT2D eigenvalue weighted by atomic mass is 35.5. The zero-order chi connectivity index (χ0) is 10.5. The highest BCUT2D eigenvalue weighted by Gasteiger charge is 2.13. The molecule has 15 heavy (non-hydrogen) atoms. The van der Waals surface area contributed by atoms with Crippen LogP contribution in [0.2, 0.25) is 5.15 Å². The van der Waals surface area contributed by atoms with Crippen LogP contribution in [0.5, 0.6) is 0 Å². The highest BCUT2D eigenvalue weighted by Crippen LogP contribution is 2.25. The van der Waals surface area contributed by atoms with Crippen molar-refractivity contribution in [2.24, 2.45) is 0 Å². The van der Waals surface area contributed by atoms with Gasteiger partial charge < -0.3 is 4.74 Å². The maximum absolute atomic E-state index is 5.73. The monoisotopic (exact) mass is 243 g/mol. The maximum Gasteiger partial charge on any atom is 0.129 e. The predicted octanol–water partition coefficient (Wildman–Crippen LogP) is 3.15. The molecular weight excluding hydrogens is 230 g/mol. The molecule has 1 aromatic rings. The van der Waals surface area contributed by atoms with Gasteiger partial charge in [-0.1, -0.05) is 17.7 Å². The first kappa shape index (κ1) is 11.2. The molecule has 1 saturated heterocycles. The van der Waals surface area contributed by atoms with E-state index in [2.05, 4.69) is 4.98 Å². The van der Waals surface area contributed by atoms with Gasteiger partial charge in [-0.15, -0.1) is 0 Å². The van der Waals surface area contributed by atoms with E-state index in [-0.39, 0.29) is 0 Å². The van der Waals surface area contributed by atoms with E-state index >= 15 is 0 Å². The average molecular weight is 244 g/mol. The number of pyridine rings is 1. The van der Waals surface area contributed by atoms with E-state index in [9.17, 15) is 0 Å². The Balaban J connectivity index is 1.79. The molecule has 82 valence electrons. The summed E-state index contributed by atoms with van der Waals surface area (Å²) in [5.41, 5.74) is 1.25. The Bertz CT molecular complexity index is 298. The van der Waals surface area contributed by atoms with Crippen molar-refractivity contribution in [1.82, 2.24) is 4.98 Å². The summed E-state index contributed by atoms with van der Waals surface area (Å²) < 4.78 is 5.32. The van der Waals surface area contributed by atoms with Crippen molar-refractivity contribution < 1.29 is 4.74 Å². The molecule has 0 amide bonds. The molecule has 0 aliphatic carbocycles. The van der Waals surface area contributed by atoms with Gasteiger partial charge in [0.15, 0.2) is 0 Å². The number of aromatic nitrogens is 1. The lowest BCUT2D eigenvalue weighted by molar-refractivity contribution is 0.1000. The van der Waals surface area contributed by atoms with Gasteiger partial charge >= 0.3 is 0 Å². The third-order valence-electron chi connectivity index (χ3n) is 2.44. The molecule has 2 nitrogen and oxygen atoms in total. The minimum absolute atomic E-state index is 0.565. The van der Waals surface area contributed by atoms with Gasteiger partial charge in [-0.3, -0.25) is 0 Å². The Morgan fingerprint density at radius 2 is 2.20 bits per heavy atom. The molecule has 0 radical (unpaired) electrons. The van der Waals surface area contributed by atoms with E-state index in [0.717, 1.165) is 24.2 Å². The second kappa shape index (κ2) is 5.73. The largest absolute Gasteiger partial charge is 0.381 e. The molecule has 0 bridgehead atoms. The average Bonchev–Trinajstić information content (AvgIpc) is 2.30. The fraction of sp³-hybridized carbons (Fsp3) is 0.545. The third-order valence-corrected chi connectivity index (χ3v) is 4.11. The van der Waals surface area contributed by atoms with Crippen LogP contribution in [0, 0.1) is 0 Å². The van der Waals surface area contributed by atoms with E-state index < -0.39 is 0 Å². The molecule has 0 spiro atoms. The molecule has 0 saturated carbocycles. The van der Waals surface area contributed by atoms with Crippen molar-refractivity contribution in [2.75, 3.05) is 13.2 Å². The van der Waals surface area contributed by atoms with Gasteiger partial charge in [0.05, 0.1) is 0 Å². The minimum Gasteiger partial charge on any atom is -0.381 e. The SMILES string of the molecule is Clc1ccc(CSC2CCOCC2)cn1. The summed E-state index contributed by atoms with van der Waals surface area (Å²) in [6.07, 6.45) is 4.20. The Kier molecular flexibility index (Phi) is 4.29. The number of hydrogen-bond acceptors (Lipinski definition) is 3. The number of nitrogens with zero attached hydrogens (tertiary/aromatic N) is 1. The summed E-state index contributed by atoms with van der Waals surface area (Å²) in [5, 5.41) is 1.31. The summed E-state index contributed by atoms with van der Waals surface area (Å²) in [6, 6.07) is 3.89. The fourth-order valence-electron chi connectivity index (χ4n) is 1.55. The van der Waals surface area contributed by atoms with Gasteiger partial charge in [0.25, 0.3) is 0 Å². The van der Waals surface area contributed by atoms with Gasteiger partial charge in [0.2, 0.25) is 0 Å². The molecule has 1 fully saturated rings. The predicted molar refractivity (Wildman–Crippen MR) is 64.4 cm³/mol. The molecule has 1 aromatic heterocycles. The molecule has 0 N–H and O–H groups in total. The van der Waals surface area contributed by atoms with E-state index in [1.165, 1.54) is 18.4 Å². The summed E-state index contributed by atoms with van der Waals surface area (Å²) >= 11 is 7.72. The Morgan fingerprint density at radius 1 is 1.40 bits per heavy atom. The van der Waals surface area contributed by atoms with Gasteiger partial charge in [-0.25, -0.2) is 4.98 Å². The Labute approximate surface area is 99.4 Å². The van der Waals surface area contributed by atoms with Gasteiger partial charge in [-0.05, 0) is 24.5 Å². The number of ether oxygens (including phenoxy) is 1. The van der Waals surface area contributed by atoms with Crippen LogP contribution in [0.4, 0.5) is 0 Å². The number of hydrogen-bond donors (Lipinski definition) is 0. The molecule has 0 unspecified atom stereocenters. The summed E-state index contributed by atoms with van der Waals surface area (Å²) in [6.45, 7) is 1.83. The van der Waals surface area contributed by atoms with Crippen molar-refractivity contribution in [3.63, 3.8) is 0 Å². The molecule has 4 heteroatoms. The normalized spacial score (nSPS) is 17.9. The lowest BCUT2D eigenvalue weighted by Crippen LogP contribution is -2.17. The van der Waals surface area contributed by atoms with Crippen LogP contribution < -0.4 is 0 Å². The van der Waals surface area contributed by atoms with Crippen LogP contribution in [0.3, 0.4) is 0 Å². The summed E-state index contributed by atoms with van der Waals surface area (Å²) in [7, 11) is 0. The zero-order valence-electron chi connectivity index (χ0n) is 8.49. The smallest absolute Gasteiger partial charge is 0.129 e. The van der Waals surface area contributed by atoms with Crippen molar-refractivity contribution in [1.29, 1.82) is 0 Å². The topological polar surface area (TPSA) is 22.1 Å². The second-order valence-corrected chi connectivity index (χ2v) is 5.29. The van der Waals surface area contributed by atoms with Crippen LogP contribution in [0.25, 0.3) is 0 Å². The summed E-state index contributed by atoms with van der Waals surface area (Å²) in [5.74, 6) is 1.02. The second-order valence-electron chi connectivity index (χ2n) is 3.61. The molecule has 1 aliphatic rings. The van der Waals surface area contributed by atoms with Crippen molar-refractivity contribution in [3.8, 4) is 0 Å². The molecular formula is C11H14ClNOS. The van der Waals surface area contributed by atoms with Crippen LogP contribution >= 0.6 is 23.4 Å². The third kappa shape index (κ3) is 3.67. The van der Waals surface area contributed by atoms with Gasteiger partial charge in [0.1, 0.15) is 5.15 Å². The van der Waals surface area contributed by atoms with Gasteiger partial charge in [-0.2, -0.15) is 11.8 Å². The molecule has 0 aromatic carbocycles. The number of rotatable bonds is 3. The van der Waals surface area contributed by atoms with Gasteiger partial charge in [0, 0.05) is 30.4 Å². The van der Waals surface area contributed by atoms with Crippen LogP contribution in [-0.2, 0) is 10.5 Å². The fourth-order valence-corrected chi connectivity index (χ4v) is 2.79. The molecule has 1 aliphatic heterocycles. The lowest BCUT2D eigenvalue weighted by Gasteiger charge is -2.21. The van der Waals surface area contributed by atoms with E-state index in [1.807, 2.05) is 30.1 Å². The van der Waals surface area contributed by atoms with Crippen LogP contribution in [0.1, 0.15) is 18.4 Å². The first-order chi connectivity index (χ1) is 7.34. The molecule has 0 atom stereocenters. The standard InChI is InChI=1S/C11H14ClNOS/c12-11-2-1-9(7-13-11)8-15-10-3-5-14-6-4-10/h1-2,7,10H,3-6,8H2. The molecule has 2 rings (SSSR count).